The maximum Gasteiger partial charge on any atom is 0.0186 e. The molecule has 0 spiro atoms. The maximum atomic E-state index is 3.45. The van der Waals surface area contributed by atoms with Crippen LogP contribution in [0.15, 0.2) is 0 Å². The highest BCUT2D eigenvalue weighted by Crippen LogP contribution is 2.07. The number of hydrogen-bond donors (Lipinski definition) is 1. The van der Waals surface area contributed by atoms with Crippen LogP contribution in [-0.2, 0) is 0 Å². The SMILES string of the molecule is BrCC1CCCCN1. The molecule has 0 bridgehead atoms. The molecule has 1 nitrogen and oxygen atoms in total. The van der Waals surface area contributed by atoms with Gasteiger partial charge in [0.25, 0.3) is 0 Å². The van der Waals surface area contributed by atoms with E-state index >= 15 is 0 Å². The lowest BCUT2D eigenvalue weighted by molar-refractivity contribution is 0.431. The second kappa shape index (κ2) is 3.46. The van der Waals surface area contributed by atoms with Crippen molar-refractivity contribution in [3.05, 3.63) is 0 Å². The zero-order valence-electron chi connectivity index (χ0n) is 4.99. The summed E-state index contributed by atoms with van der Waals surface area (Å²) in [4.78, 5) is 0. The average molecular weight is 178 g/mol. The Morgan fingerprint density at radius 2 is 2.38 bits per heavy atom. The fourth-order valence-corrected chi connectivity index (χ4v) is 1.61. The minimum atomic E-state index is 0.753. The molecule has 0 aromatic heterocycles. The predicted molar refractivity (Wildman–Crippen MR) is 39.4 cm³/mol. The largest absolute Gasteiger partial charge is 0.313 e. The topological polar surface area (TPSA) is 12.0 Å². The minimum Gasteiger partial charge on any atom is -0.313 e. The molecule has 2 heteroatoms. The summed E-state index contributed by atoms with van der Waals surface area (Å²) in [5.74, 6) is 0. The lowest BCUT2D eigenvalue weighted by Gasteiger charge is -2.20. The van der Waals surface area contributed by atoms with Crippen LogP contribution in [0.4, 0.5) is 0 Å². The van der Waals surface area contributed by atoms with Crippen LogP contribution >= 0.6 is 15.9 Å². The number of alkyl halides is 1. The summed E-state index contributed by atoms with van der Waals surface area (Å²) in [6.45, 7) is 1.22. The van der Waals surface area contributed by atoms with Gasteiger partial charge in [-0.15, -0.1) is 0 Å². The lowest BCUT2D eigenvalue weighted by Crippen LogP contribution is -2.34. The van der Waals surface area contributed by atoms with Gasteiger partial charge in [0.2, 0.25) is 0 Å². The minimum absolute atomic E-state index is 0.753. The molecular weight excluding hydrogens is 166 g/mol. The van der Waals surface area contributed by atoms with Gasteiger partial charge in [0, 0.05) is 11.4 Å². The van der Waals surface area contributed by atoms with Gasteiger partial charge in [-0.25, -0.2) is 0 Å². The van der Waals surface area contributed by atoms with Crippen molar-refractivity contribution >= 4 is 15.9 Å². The molecule has 1 heterocycles. The van der Waals surface area contributed by atoms with Crippen molar-refractivity contribution in [2.24, 2.45) is 0 Å². The lowest BCUT2D eigenvalue weighted by atomic mass is 10.1. The quantitative estimate of drug-likeness (QED) is 0.600. The van der Waals surface area contributed by atoms with Gasteiger partial charge in [0.1, 0.15) is 0 Å². The third kappa shape index (κ3) is 1.75. The molecule has 1 aliphatic heterocycles. The Bertz CT molecular complexity index is 59.5. The molecule has 1 fully saturated rings. The molecule has 0 aromatic carbocycles. The second-order valence-corrected chi connectivity index (χ2v) is 2.95. The fourth-order valence-electron chi connectivity index (χ4n) is 1.06. The summed E-state index contributed by atoms with van der Waals surface area (Å²) in [5, 5.41) is 4.54. The van der Waals surface area contributed by atoms with Crippen LogP contribution in [0.1, 0.15) is 19.3 Å². The Balaban J connectivity index is 2.13. The summed E-state index contributed by atoms with van der Waals surface area (Å²) in [6, 6.07) is 0.753. The first-order valence-electron chi connectivity index (χ1n) is 3.23. The molecule has 0 aromatic rings. The first-order chi connectivity index (χ1) is 3.93. The highest BCUT2D eigenvalue weighted by Gasteiger charge is 2.09. The summed E-state index contributed by atoms with van der Waals surface area (Å²) in [7, 11) is 0. The molecule has 48 valence electrons. The monoisotopic (exact) mass is 177 g/mol. The predicted octanol–water partition coefficient (Wildman–Crippen LogP) is 1.52. The van der Waals surface area contributed by atoms with Crippen molar-refractivity contribution in [3.63, 3.8) is 0 Å². The smallest absolute Gasteiger partial charge is 0.0186 e. The summed E-state index contributed by atoms with van der Waals surface area (Å²) >= 11 is 3.45. The molecule has 1 saturated heterocycles. The van der Waals surface area contributed by atoms with E-state index in [9.17, 15) is 0 Å². The van der Waals surface area contributed by atoms with E-state index in [4.69, 9.17) is 0 Å². The second-order valence-electron chi connectivity index (χ2n) is 2.30. The van der Waals surface area contributed by atoms with Crippen molar-refractivity contribution in [2.75, 3.05) is 11.9 Å². The molecule has 0 saturated carbocycles. The molecule has 0 radical (unpaired) electrons. The molecule has 0 amide bonds. The van der Waals surface area contributed by atoms with Gasteiger partial charge in [-0.3, -0.25) is 0 Å². The highest BCUT2D eigenvalue weighted by molar-refractivity contribution is 9.09. The van der Waals surface area contributed by atoms with Crippen LogP contribution in [0.25, 0.3) is 0 Å². The molecule has 1 aliphatic rings. The van der Waals surface area contributed by atoms with E-state index in [0.717, 1.165) is 11.4 Å². The number of hydrogen-bond acceptors (Lipinski definition) is 1. The van der Waals surface area contributed by atoms with Crippen LogP contribution in [0.3, 0.4) is 0 Å². The Morgan fingerprint density at radius 1 is 1.50 bits per heavy atom. The number of halogens is 1. The number of rotatable bonds is 1. The Labute approximate surface area is 59.0 Å². The molecule has 1 rings (SSSR count). The third-order valence-electron chi connectivity index (χ3n) is 1.60. The zero-order chi connectivity index (χ0) is 5.82. The standard InChI is InChI=1S/C6H12BrN/c7-5-6-3-1-2-4-8-6/h6,8H,1-5H2. The van der Waals surface area contributed by atoms with Crippen LogP contribution in [0.5, 0.6) is 0 Å². The van der Waals surface area contributed by atoms with Crippen LogP contribution in [0.2, 0.25) is 0 Å². The third-order valence-corrected chi connectivity index (χ3v) is 2.38. The van der Waals surface area contributed by atoms with Gasteiger partial charge in [-0.2, -0.15) is 0 Å². The number of piperidine rings is 1. The molecule has 0 aliphatic carbocycles. The van der Waals surface area contributed by atoms with Gasteiger partial charge in [-0.1, -0.05) is 22.4 Å². The first-order valence-corrected chi connectivity index (χ1v) is 4.35. The molecule has 1 unspecified atom stereocenters. The first kappa shape index (κ1) is 6.56. The van der Waals surface area contributed by atoms with E-state index in [1.807, 2.05) is 0 Å². The molecule has 1 atom stereocenters. The van der Waals surface area contributed by atoms with E-state index in [-0.39, 0.29) is 0 Å². The summed E-state index contributed by atoms with van der Waals surface area (Å²) in [6.07, 6.45) is 4.12. The van der Waals surface area contributed by atoms with Crippen LogP contribution in [-0.4, -0.2) is 17.9 Å². The van der Waals surface area contributed by atoms with Crippen molar-refractivity contribution in [2.45, 2.75) is 25.3 Å². The normalized spacial score (nSPS) is 30.4. The van der Waals surface area contributed by atoms with E-state index in [0.29, 0.717) is 0 Å². The Kier molecular flexibility index (Phi) is 2.84. The van der Waals surface area contributed by atoms with E-state index < -0.39 is 0 Å². The summed E-state index contributed by atoms with van der Waals surface area (Å²) in [5.41, 5.74) is 0. The average Bonchev–Trinajstić information content (AvgIpc) is 1.90. The Hall–Kier alpha value is 0.440. The fraction of sp³-hybridized carbons (Fsp3) is 1.00. The van der Waals surface area contributed by atoms with Gasteiger partial charge < -0.3 is 5.32 Å². The maximum absolute atomic E-state index is 3.45. The van der Waals surface area contributed by atoms with Gasteiger partial charge in [-0.05, 0) is 19.4 Å². The van der Waals surface area contributed by atoms with Crippen LogP contribution < -0.4 is 5.32 Å². The van der Waals surface area contributed by atoms with Crippen molar-refractivity contribution in [3.8, 4) is 0 Å². The van der Waals surface area contributed by atoms with Crippen molar-refractivity contribution in [1.82, 2.24) is 5.32 Å². The number of nitrogens with one attached hydrogen (secondary N) is 1. The highest BCUT2D eigenvalue weighted by atomic mass is 79.9. The molecular formula is C6H12BrN. The van der Waals surface area contributed by atoms with Gasteiger partial charge in [0.15, 0.2) is 0 Å². The van der Waals surface area contributed by atoms with E-state index in [1.54, 1.807) is 0 Å². The van der Waals surface area contributed by atoms with Crippen molar-refractivity contribution in [1.29, 1.82) is 0 Å². The van der Waals surface area contributed by atoms with E-state index in [2.05, 4.69) is 21.2 Å². The van der Waals surface area contributed by atoms with Crippen LogP contribution in [0, 0.1) is 0 Å². The van der Waals surface area contributed by atoms with Gasteiger partial charge >= 0.3 is 0 Å². The molecule has 8 heavy (non-hydrogen) atoms. The summed E-state index contributed by atoms with van der Waals surface area (Å²) < 4.78 is 0. The zero-order valence-corrected chi connectivity index (χ0v) is 6.58. The van der Waals surface area contributed by atoms with Gasteiger partial charge in [0.05, 0.1) is 0 Å². The molecule has 1 N–H and O–H groups in total. The van der Waals surface area contributed by atoms with Crippen molar-refractivity contribution < 1.29 is 0 Å². The Morgan fingerprint density at radius 3 is 2.75 bits per heavy atom. The van der Waals surface area contributed by atoms with E-state index in [1.165, 1.54) is 25.8 Å².